The Kier molecular flexibility index (Phi) is 4.10. The van der Waals surface area contributed by atoms with Gasteiger partial charge in [0.15, 0.2) is 5.82 Å². The number of rotatable bonds is 3. The third-order valence-corrected chi connectivity index (χ3v) is 5.01. The van der Waals surface area contributed by atoms with E-state index in [1.54, 1.807) is 6.20 Å². The first-order chi connectivity index (χ1) is 11.3. The first kappa shape index (κ1) is 14.8. The summed E-state index contributed by atoms with van der Waals surface area (Å²) in [7, 11) is 0. The van der Waals surface area contributed by atoms with Gasteiger partial charge in [-0.3, -0.25) is 14.5 Å². The molecule has 0 aromatic carbocycles. The Morgan fingerprint density at radius 2 is 2.04 bits per heavy atom. The van der Waals surface area contributed by atoms with Gasteiger partial charge in [-0.15, -0.1) is 0 Å². The molecule has 0 amide bonds. The van der Waals surface area contributed by atoms with Crippen molar-refractivity contribution in [2.45, 2.75) is 44.7 Å². The molecule has 2 aromatic rings. The number of aryl methyl sites for hydroxylation is 1. The standard InChI is InChI=1S/C17H23N5O/c1-13-19-6-8-21(13)17-12-18-11-15(20-17)16-3-2-7-22(16)14-4-9-23-10-5-14/h6,8,11-12,14,16H,2-5,7,9-10H2,1H3/t16-/m0/s1. The zero-order valence-corrected chi connectivity index (χ0v) is 13.6. The Hall–Kier alpha value is -1.79. The average Bonchev–Trinajstić information content (AvgIpc) is 3.25. The van der Waals surface area contributed by atoms with Gasteiger partial charge in [-0.2, -0.15) is 0 Å². The van der Waals surface area contributed by atoms with Crippen molar-refractivity contribution in [1.29, 1.82) is 0 Å². The number of likely N-dealkylation sites (tertiary alicyclic amines) is 1. The van der Waals surface area contributed by atoms with Crippen molar-refractivity contribution in [2.24, 2.45) is 0 Å². The van der Waals surface area contributed by atoms with E-state index < -0.39 is 0 Å². The van der Waals surface area contributed by atoms with Crippen molar-refractivity contribution in [3.63, 3.8) is 0 Å². The Balaban J connectivity index is 1.60. The maximum atomic E-state index is 5.52. The molecule has 6 heteroatoms. The van der Waals surface area contributed by atoms with Crippen LogP contribution in [0.3, 0.4) is 0 Å². The summed E-state index contributed by atoms with van der Waals surface area (Å²) in [6.45, 7) is 4.91. The van der Waals surface area contributed by atoms with Crippen molar-refractivity contribution in [2.75, 3.05) is 19.8 Å². The predicted octanol–water partition coefficient (Wildman–Crippen LogP) is 2.29. The van der Waals surface area contributed by atoms with Gasteiger partial charge >= 0.3 is 0 Å². The van der Waals surface area contributed by atoms with Gasteiger partial charge in [0.05, 0.1) is 24.1 Å². The monoisotopic (exact) mass is 313 g/mol. The van der Waals surface area contributed by atoms with Gasteiger partial charge in [-0.05, 0) is 39.2 Å². The second-order valence-corrected chi connectivity index (χ2v) is 6.39. The Morgan fingerprint density at radius 1 is 1.17 bits per heavy atom. The maximum Gasteiger partial charge on any atom is 0.156 e. The summed E-state index contributed by atoms with van der Waals surface area (Å²) in [6, 6.07) is 1.01. The quantitative estimate of drug-likeness (QED) is 0.870. The number of nitrogens with zero attached hydrogens (tertiary/aromatic N) is 5. The zero-order chi connectivity index (χ0) is 15.6. The van der Waals surface area contributed by atoms with E-state index in [2.05, 4.69) is 14.9 Å². The van der Waals surface area contributed by atoms with Gasteiger partial charge in [0.2, 0.25) is 0 Å². The molecule has 2 fully saturated rings. The summed E-state index contributed by atoms with van der Waals surface area (Å²) in [6.07, 6.45) is 12.1. The number of ether oxygens (including phenoxy) is 1. The van der Waals surface area contributed by atoms with Crippen LogP contribution >= 0.6 is 0 Å². The molecule has 122 valence electrons. The minimum Gasteiger partial charge on any atom is -0.381 e. The lowest BCUT2D eigenvalue weighted by atomic mass is 10.0. The number of aromatic nitrogens is 4. The van der Waals surface area contributed by atoms with Gasteiger partial charge in [0, 0.05) is 31.6 Å². The van der Waals surface area contributed by atoms with Crippen LogP contribution < -0.4 is 0 Å². The summed E-state index contributed by atoms with van der Waals surface area (Å²) in [5.41, 5.74) is 1.08. The third-order valence-electron chi connectivity index (χ3n) is 5.01. The maximum absolute atomic E-state index is 5.52. The molecule has 0 saturated carbocycles. The number of hydrogen-bond donors (Lipinski definition) is 0. The summed E-state index contributed by atoms with van der Waals surface area (Å²) in [5, 5.41) is 0. The Morgan fingerprint density at radius 3 is 2.83 bits per heavy atom. The van der Waals surface area contributed by atoms with E-state index in [-0.39, 0.29) is 0 Å². The highest BCUT2D eigenvalue weighted by Crippen LogP contribution is 2.35. The van der Waals surface area contributed by atoms with Crippen LogP contribution in [0.25, 0.3) is 5.82 Å². The van der Waals surface area contributed by atoms with Crippen molar-refractivity contribution in [1.82, 2.24) is 24.4 Å². The van der Waals surface area contributed by atoms with Gasteiger partial charge in [0.1, 0.15) is 5.82 Å². The summed E-state index contributed by atoms with van der Waals surface area (Å²) in [4.78, 5) is 16.2. The molecule has 0 radical (unpaired) electrons. The van der Waals surface area contributed by atoms with E-state index in [1.807, 2.05) is 30.1 Å². The zero-order valence-electron chi connectivity index (χ0n) is 13.6. The topological polar surface area (TPSA) is 56.1 Å². The van der Waals surface area contributed by atoms with Crippen LogP contribution in [-0.4, -0.2) is 50.2 Å². The molecular formula is C17H23N5O. The lowest BCUT2D eigenvalue weighted by Gasteiger charge is -2.35. The molecule has 0 spiro atoms. The highest BCUT2D eigenvalue weighted by atomic mass is 16.5. The van der Waals surface area contributed by atoms with Crippen molar-refractivity contribution >= 4 is 0 Å². The van der Waals surface area contributed by atoms with Gasteiger partial charge in [-0.25, -0.2) is 9.97 Å². The lowest BCUT2D eigenvalue weighted by molar-refractivity contribution is 0.0284. The fourth-order valence-corrected chi connectivity index (χ4v) is 3.83. The van der Waals surface area contributed by atoms with Gasteiger partial charge < -0.3 is 4.74 Å². The first-order valence-electron chi connectivity index (χ1n) is 8.48. The molecule has 6 nitrogen and oxygen atoms in total. The summed E-state index contributed by atoms with van der Waals surface area (Å²) < 4.78 is 7.51. The van der Waals surface area contributed by atoms with E-state index >= 15 is 0 Å². The Bertz CT molecular complexity index is 665. The third kappa shape index (κ3) is 2.88. The highest BCUT2D eigenvalue weighted by Gasteiger charge is 2.33. The minimum absolute atomic E-state index is 0.384. The Labute approximate surface area is 136 Å². The first-order valence-corrected chi connectivity index (χ1v) is 8.48. The molecule has 0 N–H and O–H groups in total. The normalized spacial score (nSPS) is 23.4. The molecule has 1 atom stereocenters. The largest absolute Gasteiger partial charge is 0.381 e. The lowest BCUT2D eigenvalue weighted by Crippen LogP contribution is -2.39. The second-order valence-electron chi connectivity index (χ2n) is 6.39. The summed E-state index contributed by atoms with van der Waals surface area (Å²) >= 11 is 0. The summed E-state index contributed by atoms with van der Waals surface area (Å²) in [5.74, 6) is 1.79. The molecular weight excluding hydrogens is 290 g/mol. The van der Waals surface area contributed by atoms with E-state index in [0.29, 0.717) is 12.1 Å². The van der Waals surface area contributed by atoms with Gasteiger partial charge in [-0.1, -0.05) is 0 Å². The van der Waals surface area contributed by atoms with E-state index in [0.717, 1.165) is 49.9 Å². The van der Waals surface area contributed by atoms with E-state index in [1.165, 1.54) is 12.8 Å². The fraction of sp³-hybridized carbons (Fsp3) is 0.588. The fourth-order valence-electron chi connectivity index (χ4n) is 3.83. The molecule has 4 rings (SSSR count). The molecule has 4 heterocycles. The predicted molar refractivity (Wildman–Crippen MR) is 86.4 cm³/mol. The molecule has 0 bridgehead atoms. The molecule has 0 aliphatic carbocycles. The van der Waals surface area contributed by atoms with Crippen LogP contribution in [0.2, 0.25) is 0 Å². The van der Waals surface area contributed by atoms with Crippen LogP contribution in [0, 0.1) is 6.92 Å². The second kappa shape index (κ2) is 6.37. The highest BCUT2D eigenvalue weighted by molar-refractivity contribution is 5.23. The molecule has 2 aromatic heterocycles. The molecule has 23 heavy (non-hydrogen) atoms. The number of hydrogen-bond acceptors (Lipinski definition) is 5. The van der Waals surface area contributed by atoms with Crippen LogP contribution in [0.5, 0.6) is 0 Å². The van der Waals surface area contributed by atoms with E-state index in [9.17, 15) is 0 Å². The molecule has 2 saturated heterocycles. The minimum atomic E-state index is 0.384. The average molecular weight is 313 g/mol. The van der Waals surface area contributed by atoms with Crippen LogP contribution in [-0.2, 0) is 4.74 Å². The van der Waals surface area contributed by atoms with E-state index in [4.69, 9.17) is 9.72 Å². The number of imidazole rings is 1. The van der Waals surface area contributed by atoms with Crippen molar-refractivity contribution < 1.29 is 4.74 Å². The van der Waals surface area contributed by atoms with Crippen LogP contribution in [0.15, 0.2) is 24.8 Å². The van der Waals surface area contributed by atoms with Crippen LogP contribution in [0.1, 0.15) is 43.2 Å². The SMILES string of the molecule is Cc1nccn1-c1cncc([C@@H]2CCCN2C2CCOCC2)n1. The van der Waals surface area contributed by atoms with Crippen molar-refractivity contribution in [3.05, 3.63) is 36.3 Å². The van der Waals surface area contributed by atoms with Crippen molar-refractivity contribution in [3.8, 4) is 5.82 Å². The molecule has 0 unspecified atom stereocenters. The smallest absolute Gasteiger partial charge is 0.156 e. The van der Waals surface area contributed by atoms with Gasteiger partial charge in [0.25, 0.3) is 0 Å². The molecule has 2 aliphatic heterocycles. The van der Waals surface area contributed by atoms with Crippen LogP contribution in [0.4, 0.5) is 0 Å². The molecule has 2 aliphatic rings.